The van der Waals surface area contributed by atoms with E-state index in [0.29, 0.717) is 19.6 Å². The fourth-order valence-electron chi connectivity index (χ4n) is 5.77. The molecule has 0 aliphatic rings. The van der Waals surface area contributed by atoms with E-state index in [1.165, 1.54) is 22.9 Å². The van der Waals surface area contributed by atoms with E-state index < -0.39 is 0 Å². The molecule has 2 aromatic rings. The van der Waals surface area contributed by atoms with Crippen molar-refractivity contribution in [2.75, 3.05) is 39.5 Å². The molecule has 0 radical (unpaired) electrons. The van der Waals surface area contributed by atoms with Crippen molar-refractivity contribution in [3.63, 3.8) is 0 Å². The Bertz CT molecular complexity index is 987. The van der Waals surface area contributed by atoms with Gasteiger partial charge in [-0.3, -0.25) is 4.90 Å². The van der Waals surface area contributed by atoms with Crippen LogP contribution in [0, 0.1) is 10.8 Å². The maximum atomic E-state index is 10.6. The zero-order valence-corrected chi connectivity index (χ0v) is 29.3. The molecule has 0 fully saturated rings. The van der Waals surface area contributed by atoms with E-state index in [4.69, 9.17) is 15.3 Å². The van der Waals surface area contributed by atoms with Crippen molar-refractivity contribution >= 4 is 11.8 Å². The van der Waals surface area contributed by atoms with Gasteiger partial charge < -0.3 is 25.5 Å². The molecular formula is C34H57NNiO5S+2. The van der Waals surface area contributed by atoms with Gasteiger partial charge in [-0.2, -0.15) is 0 Å². The predicted molar refractivity (Wildman–Crippen MR) is 172 cm³/mol. The molecule has 0 unspecified atom stereocenters. The minimum Gasteiger partial charge on any atom is -0.507 e. The number of rotatable bonds is 12. The quantitative estimate of drug-likeness (QED) is 0.159. The van der Waals surface area contributed by atoms with Gasteiger partial charge in [-0.25, -0.2) is 0 Å². The third-order valence-electron chi connectivity index (χ3n) is 6.90. The van der Waals surface area contributed by atoms with Crippen LogP contribution in [-0.2, 0) is 27.3 Å². The molecule has 0 aliphatic heterocycles. The Kier molecular flexibility index (Phi) is 16.7. The molecule has 0 saturated carbocycles. The molecule has 0 bridgehead atoms. The van der Waals surface area contributed by atoms with E-state index in [1.54, 1.807) is 17.0 Å². The summed E-state index contributed by atoms with van der Waals surface area (Å²) in [6.07, 6.45) is 2.08. The standard InChI is InChI=1S/C28H42O2S.C6H15NO3.Ni/c1-25(2,3)17-27(7,8)19-11-13-21(29)23(15-19)31-24-16-20(12-14-22(24)30)28(9,10)18-26(4,5)6;8-4-1-7(2-5-9)3-6-10;/h11-16,29-30H,17-18H2,1-10H3;8-10H,1-6H2;/q;;+2. The molecule has 0 heterocycles. The first kappa shape index (κ1) is 40.7. The Morgan fingerprint density at radius 2 is 0.881 bits per heavy atom. The van der Waals surface area contributed by atoms with Gasteiger partial charge in [-0.05, 0) is 69.9 Å². The van der Waals surface area contributed by atoms with Crippen molar-refractivity contribution < 1.29 is 42.0 Å². The number of phenolic OH excluding ortho intramolecular Hbond substituents is 2. The van der Waals surface area contributed by atoms with Crippen LogP contribution in [0.25, 0.3) is 0 Å². The van der Waals surface area contributed by atoms with E-state index in [2.05, 4.69) is 81.4 Å². The Morgan fingerprint density at radius 3 is 1.14 bits per heavy atom. The van der Waals surface area contributed by atoms with Crippen molar-refractivity contribution in [1.82, 2.24) is 4.90 Å². The van der Waals surface area contributed by atoms with Crippen LogP contribution in [0.15, 0.2) is 46.2 Å². The molecule has 0 saturated heterocycles. The summed E-state index contributed by atoms with van der Waals surface area (Å²) in [4.78, 5) is 3.35. The molecule has 2 rings (SSSR count). The maximum Gasteiger partial charge on any atom is 2.00 e. The third kappa shape index (κ3) is 14.5. The van der Waals surface area contributed by atoms with Gasteiger partial charge in [0.15, 0.2) is 0 Å². The molecule has 8 heteroatoms. The first-order valence-electron chi connectivity index (χ1n) is 14.6. The predicted octanol–water partition coefficient (Wildman–Crippen LogP) is 6.94. The van der Waals surface area contributed by atoms with Gasteiger partial charge in [-0.15, -0.1) is 0 Å². The summed E-state index contributed by atoms with van der Waals surface area (Å²) in [5, 5.41) is 46.6. The average molecular weight is 651 g/mol. The van der Waals surface area contributed by atoms with Crippen LogP contribution in [0.2, 0.25) is 0 Å². The SMILES string of the molecule is CC(C)(C)CC(C)(C)c1ccc(O)c(Sc2cc(C(C)(C)CC(C)(C)C)ccc2O)c1.OCCN(CCO)CCO.[Ni+2]. The third-order valence-corrected chi connectivity index (χ3v) is 7.99. The second-order valence-corrected chi connectivity index (χ2v) is 15.8. The number of phenols is 2. The Morgan fingerprint density at radius 1 is 0.571 bits per heavy atom. The molecule has 0 atom stereocenters. The minimum atomic E-state index is -0.0140. The van der Waals surface area contributed by atoms with Gasteiger partial charge in [-0.1, -0.05) is 93.1 Å². The van der Waals surface area contributed by atoms with E-state index in [0.717, 1.165) is 22.6 Å². The summed E-state index contributed by atoms with van der Waals surface area (Å²) < 4.78 is 0. The van der Waals surface area contributed by atoms with Crippen molar-refractivity contribution in [2.45, 2.75) is 103 Å². The summed E-state index contributed by atoms with van der Waals surface area (Å²) in [5.41, 5.74) is 2.79. The van der Waals surface area contributed by atoms with E-state index in [-0.39, 0.29) is 69.5 Å². The number of nitrogens with zero attached hydrogens (tertiary/aromatic N) is 1. The van der Waals surface area contributed by atoms with E-state index >= 15 is 0 Å². The second-order valence-electron chi connectivity index (χ2n) is 14.7. The number of aliphatic hydroxyl groups is 3. The summed E-state index contributed by atoms with van der Waals surface area (Å²) in [6.45, 7) is 24.3. The average Bonchev–Trinajstić information content (AvgIpc) is 2.79. The second kappa shape index (κ2) is 17.3. The zero-order valence-electron chi connectivity index (χ0n) is 27.5. The first-order valence-corrected chi connectivity index (χ1v) is 15.5. The number of benzene rings is 2. The van der Waals surface area contributed by atoms with E-state index in [9.17, 15) is 10.2 Å². The van der Waals surface area contributed by atoms with Crippen molar-refractivity contribution in [2.24, 2.45) is 10.8 Å². The van der Waals surface area contributed by atoms with Crippen LogP contribution in [0.5, 0.6) is 11.5 Å². The molecule has 0 amide bonds. The number of aromatic hydroxyl groups is 2. The Labute approximate surface area is 269 Å². The minimum absolute atomic E-state index is 0. The van der Waals surface area contributed by atoms with Crippen LogP contribution in [0.3, 0.4) is 0 Å². The molecule has 0 aliphatic carbocycles. The normalized spacial score (nSPS) is 12.5. The molecular weight excluding hydrogens is 593 g/mol. The summed E-state index contributed by atoms with van der Waals surface area (Å²) in [6, 6.07) is 11.8. The van der Waals surface area contributed by atoms with Gasteiger partial charge in [0, 0.05) is 19.6 Å². The van der Waals surface area contributed by atoms with Gasteiger partial charge in [0.25, 0.3) is 0 Å². The van der Waals surface area contributed by atoms with Crippen LogP contribution in [-0.4, -0.2) is 69.9 Å². The summed E-state index contributed by atoms with van der Waals surface area (Å²) >= 11 is 1.44. The topological polar surface area (TPSA) is 104 Å². The molecule has 242 valence electrons. The van der Waals surface area contributed by atoms with Crippen molar-refractivity contribution in [3.8, 4) is 11.5 Å². The maximum absolute atomic E-state index is 10.6. The number of hydrogen-bond acceptors (Lipinski definition) is 7. The van der Waals surface area contributed by atoms with Crippen LogP contribution in [0.4, 0.5) is 0 Å². The van der Waals surface area contributed by atoms with Gasteiger partial charge in [0.05, 0.1) is 29.6 Å². The Hall–Kier alpha value is -1.28. The first-order chi connectivity index (χ1) is 18.7. The molecule has 5 N–H and O–H groups in total. The van der Waals surface area contributed by atoms with Crippen molar-refractivity contribution in [3.05, 3.63) is 47.5 Å². The van der Waals surface area contributed by atoms with Crippen LogP contribution >= 0.6 is 11.8 Å². The largest absolute Gasteiger partial charge is 2.00 e. The number of hydrogen-bond donors (Lipinski definition) is 5. The summed E-state index contributed by atoms with van der Waals surface area (Å²) in [5.74, 6) is 0.498. The van der Waals surface area contributed by atoms with Gasteiger partial charge in [0.1, 0.15) is 11.5 Å². The molecule has 2 aromatic carbocycles. The van der Waals surface area contributed by atoms with Crippen molar-refractivity contribution in [1.29, 1.82) is 0 Å². The Balaban J connectivity index is 0.00000131. The van der Waals surface area contributed by atoms with Gasteiger partial charge >= 0.3 is 16.5 Å². The molecule has 0 spiro atoms. The smallest absolute Gasteiger partial charge is 0.507 e. The molecule has 42 heavy (non-hydrogen) atoms. The fourth-order valence-corrected chi connectivity index (χ4v) is 6.72. The van der Waals surface area contributed by atoms with Gasteiger partial charge in [0.2, 0.25) is 0 Å². The fraction of sp³-hybridized carbons (Fsp3) is 0.647. The molecule has 0 aromatic heterocycles. The number of aliphatic hydroxyl groups excluding tert-OH is 3. The monoisotopic (exact) mass is 649 g/mol. The van der Waals surface area contributed by atoms with Crippen LogP contribution < -0.4 is 0 Å². The zero-order chi connectivity index (χ0) is 31.6. The van der Waals surface area contributed by atoms with Crippen LogP contribution in [0.1, 0.15) is 93.2 Å². The van der Waals surface area contributed by atoms with E-state index in [1.807, 2.05) is 12.1 Å². The molecule has 6 nitrogen and oxygen atoms in total. The summed E-state index contributed by atoms with van der Waals surface area (Å²) in [7, 11) is 0.